The molecule has 1 heterocycles. The van der Waals surface area contributed by atoms with Crippen molar-refractivity contribution in [1.82, 2.24) is 0 Å². The molecule has 0 amide bonds. The Morgan fingerprint density at radius 3 is 2.56 bits per heavy atom. The van der Waals surface area contributed by atoms with Crippen LogP contribution in [0, 0.1) is 0 Å². The molecular formula is C18H15NaO6. The van der Waals surface area contributed by atoms with Crippen LogP contribution in [0.3, 0.4) is 0 Å². The van der Waals surface area contributed by atoms with Crippen LogP contribution in [0.5, 0.6) is 23.0 Å². The summed E-state index contributed by atoms with van der Waals surface area (Å²) in [5.74, 6) is -0.629. The van der Waals surface area contributed by atoms with Crippen molar-refractivity contribution in [2.75, 3.05) is 6.61 Å². The summed E-state index contributed by atoms with van der Waals surface area (Å²) < 4.78 is 11.1. The second kappa shape index (κ2) is 7.82. The van der Waals surface area contributed by atoms with Crippen molar-refractivity contribution in [3.05, 3.63) is 46.6 Å². The fourth-order valence-corrected chi connectivity index (χ4v) is 2.36. The summed E-state index contributed by atoms with van der Waals surface area (Å²) in [4.78, 5) is 12.3. The number of aromatic hydroxyl groups is 2. The summed E-state index contributed by atoms with van der Waals surface area (Å²) in [7, 11) is 0. The molecule has 0 aliphatic heterocycles. The maximum atomic E-state index is 12.3. The van der Waals surface area contributed by atoms with Crippen LogP contribution in [0.2, 0.25) is 0 Å². The summed E-state index contributed by atoms with van der Waals surface area (Å²) in [6, 6.07) is 7.97. The monoisotopic (exact) mass is 350 g/mol. The van der Waals surface area contributed by atoms with Gasteiger partial charge in [0.25, 0.3) is 0 Å². The molecule has 3 rings (SSSR count). The first-order valence-corrected chi connectivity index (χ1v) is 7.43. The fourth-order valence-electron chi connectivity index (χ4n) is 2.36. The van der Waals surface area contributed by atoms with Gasteiger partial charge in [-0.25, -0.2) is 0 Å². The predicted molar refractivity (Wildman–Crippen MR) is 86.5 cm³/mol. The zero-order chi connectivity index (χ0) is 17.3. The van der Waals surface area contributed by atoms with Gasteiger partial charge in [0.15, 0.2) is 5.43 Å². The first kappa shape index (κ1) is 19.2. The topological polar surface area (TPSA) is 103 Å². The van der Waals surface area contributed by atoms with E-state index in [9.17, 15) is 20.1 Å². The van der Waals surface area contributed by atoms with Gasteiger partial charge in [0.05, 0.1) is 6.61 Å². The van der Waals surface area contributed by atoms with Crippen LogP contribution in [0.4, 0.5) is 0 Å². The van der Waals surface area contributed by atoms with E-state index in [1.54, 1.807) is 0 Å². The SMILES string of the molecule is CCCOc1cc(O)c2c(=O)cc(-c3ccc(O)c([O-])c3)oc2c1.[Na+]. The first-order chi connectivity index (χ1) is 11.5. The molecule has 25 heavy (non-hydrogen) atoms. The van der Waals surface area contributed by atoms with E-state index in [4.69, 9.17) is 9.15 Å². The van der Waals surface area contributed by atoms with Crippen molar-refractivity contribution in [3.8, 4) is 34.3 Å². The van der Waals surface area contributed by atoms with Crippen LogP contribution in [0.1, 0.15) is 13.3 Å². The zero-order valence-electron chi connectivity index (χ0n) is 13.9. The Bertz CT molecular complexity index is 964. The number of ether oxygens (including phenoxy) is 1. The van der Waals surface area contributed by atoms with Gasteiger partial charge in [0.1, 0.15) is 34.0 Å². The van der Waals surface area contributed by atoms with Gasteiger partial charge >= 0.3 is 29.6 Å². The number of benzene rings is 2. The summed E-state index contributed by atoms with van der Waals surface area (Å²) in [5.41, 5.74) is 0.0756. The molecule has 0 bridgehead atoms. The Kier molecular flexibility index (Phi) is 6.00. The van der Waals surface area contributed by atoms with Gasteiger partial charge < -0.3 is 24.5 Å². The third-order valence-electron chi connectivity index (χ3n) is 3.50. The Balaban J connectivity index is 0.00000225. The van der Waals surface area contributed by atoms with Gasteiger partial charge in [-0.1, -0.05) is 18.7 Å². The quantitative estimate of drug-likeness (QED) is 0.629. The van der Waals surface area contributed by atoms with E-state index in [1.807, 2.05) is 6.92 Å². The average molecular weight is 350 g/mol. The molecule has 2 N–H and O–H groups in total. The minimum atomic E-state index is -0.571. The van der Waals surface area contributed by atoms with Crippen molar-refractivity contribution in [2.45, 2.75) is 13.3 Å². The maximum absolute atomic E-state index is 12.3. The van der Waals surface area contributed by atoms with Gasteiger partial charge in [-0.15, -0.1) is 0 Å². The normalized spacial score (nSPS) is 10.4. The van der Waals surface area contributed by atoms with Gasteiger partial charge in [0, 0.05) is 23.8 Å². The van der Waals surface area contributed by atoms with Gasteiger partial charge in [-0.3, -0.25) is 4.79 Å². The molecular weight excluding hydrogens is 335 g/mol. The molecule has 0 aliphatic carbocycles. The van der Waals surface area contributed by atoms with Crippen molar-refractivity contribution < 1.29 is 54.0 Å². The van der Waals surface area contributed by atoms with Crippen LogP contribution in [-0.2, 0) is 0 Å². The molecule has 0 unspecified atom stereocenters. The standard InChI is InChI=1S/C18H16O6.Na/c1-2-5-23-11-7-14(21)18-15(22)9-16(24-17(18)8-11)10-3-4-12(19)13(20)6-10;/h3-4,6-9,19-21H,2,5H2,1H3;/q;+1/p-1. The van der Waals surface area contributed by atoms with Crippen LogP contribution in [0.25, 0.3) is 22.3 Å². The molecule has 0 fully saturated rings. The van der Waals surface area contributed by atoms with Gasteiger partial charge in [0.2, 0.25) is 0 Å². The third-order valence-corrected chi connectivity index (χ3v) is 3.50. The van der Waals surface area contributed by atoms with E-state index in [-0.39, 0.29) is 57.8 Å². The molecule has 0 radical (unpaired) electrons. The average Bonchev–Trinajstić information content (AvgIpc) is 2.54. The minimum absolute atomic E-state index is 0. The second-order valence-corrected chi connectivity index (χ2v) is 5.32. The molecule has 0 spiro atoms. The molecule has 0 saturated heterocycles. The van der Waals surface area contributed by atoms with E-state index in [0.717, 1.165) is 6.42 Å². The summed E-state index contributed by atoms with van der Waals surface area (Å²) >= 11 is 0. The van der Waals surface area contributed by atoms with E-state index >= 15 is 0 Å². The van der Waals surface area contributed by atoms with Gasteiger partial charge in [-0.2, -0.15) is 0 Å². The van der Waals surface area contributed by atoms with E-state index < -0.39 is 11.2 Å². The van der Waals surface area contributed by atoms with Crippen molar-refractivity contribution >= 4 is 11.0 Å². The predicted octanol–water partition coefficient (Wildman–Crippen LogP) is -0.262. The van der Waals surface area contributed by atoms with Gasteiger partial charge in [-0.05, 0) is 18.6 Å². The third kappa shape index (κ3) is 3.92. The van der Waals surface area contributed by atoms with Crippen LogP contribution in [0.15, 0.2) is 45.6 Å². The zero-order valence-corrected chi connectivity index (χ0v) is 15.9. The van der Waals surface area contributed by atoms with E-state index in [1.165, 1.54) is 36.4 Å². The number of rotatable bonds is 4. The minimum Gasteiger partial charge on any atom is -0.870 e. The van der Waals surface area contributed by atoms with Crippen LogP contribution >= 0.6 is 0 Å². The molecule has 2 aromatic carbocycles. The summed E-state index contributed by atoms with van der Waals surface area (Å²) in [6.07, 6.45) is 0.794. The first-order valence-electron chi connectivity index (χ1n) is 7.43. The molecule has 0 atom stereocenters. The van der Waals surface area contributed by atoms with Crippen molar-refractivity contribution in [2.24, 2.45) is 0 Å². The Labute approximate surface area is 165 Å². The number of fused-ring (bicyclic) bond motifs is 1. The Morgan fingerprint density at radius 1 is 1.12 bits per heavy atom. The largest absolute Gasteiger partial charge is 1.00 e. The summed E-state index contributed by atoms with van der Waals surface area (Å²) in [5, 5.41) is 31.0. The molecule has 6 nitrogen and oxygen atoms in total. The fraction of sp³-hybridized carbons (Fsp3) is 0.167. The number of hydrogen-bond acceptors (Lipinski definition) is 6. The van der Waals surface area contributed by atoms with E-state index in [2.05, 4.69) is 0 Å². The molecule has 1 aromatic heterocycles. The van der Waals surface area contributed by atoms with E-state index in [0.29, 0.717) is 17.9 Å². The molecule has 124 valence electrons. The number of phenols is 2. The molecule has 0 saturated carbocycles. The second-order valence-electron chi connectivity index (χ2n) is 5.32. The molecule has 3 aromatic rings. The van der Waals surface area contributed by atoms with Crippen LogP contribution in [-0.4, -0.2) is 16.8 Å². The molecule has 7 heteroatoms. The van der Waals surface area contributed by atoms with Crippen LogP contribution < -0.4 is 44.8 Å². The number of phenolic OH excluding ortho intramolecular Hbond substituents is 2. The van der Waals surface area contributed by atoms with Crippen molar-refractivity contribution in [1.29, 1.82) is 0 Å². The smallest absolute Gasteiger partial charge is 0.870 e. The Morgan fingerprint density at radius 2 is 1.88 bits per heavy atom. The summed E-state index contributed by atoms with van der Waals surface area (Å²) in [6.45, 7) is 2.41. The maximum Gasteiger partial charge on any atom is 1.00 e. The van der Waals surface area contributed by atoms with Crippen molar-refractivity contribution in [3.63, 3.8) is 0 Å². The molecule has 0 aliphatic rings. The Hall–Kier alpha value is -2.15. The number of hydrogen-bond donors (Lipinski definition) is 2.